The Labute approximate surface area is 136 Å². The number of amides is 1. The fourth-order valence-corrected chi connectivity index (χ4v) is 2.91. The number of hydrogen-bond donors (Lipinski definition) is 2. The van der Waals surface area contributed by atoms with Crippen LogP contribution in [0.15, 0.2) is 42.5 Å². The molecule has 3 nitrogen and oxygen atoms in total. The summed E-state index contributed by atoms with van der Waals surface area (Å²) in [5.41, 5.74) is 2.43. The third-order valence-corrected chi connectivity index (χ3v) is 4.17. The first kappa shape index (κ1) is 16.5. The second-order valence-corrected chi connectivity index (χ2v) is 7.02. The second-order valence-electron chi connectivity index (χ2n) is 5.70. The molecule has 2 N–H and O–H groups in total. The number of carbonyl (C=O) groups excluding carboxylic acids is 1. The van der Waals surface area contributed by atoms with E-state index in [2.05, 4.69) is 56.7 Å². The number of aryl methyl sites for hydroxylation is 1. The van der Waals surface area contributed by atoms with Gasteiger partial charge in [0.1, 0.15) is 6.54 Å². The molecule has 0 spiro atoms. The Bertz CT molecular complexity index is 641. The van der Waals surface area contributed by atoms with Gasteiger partial charge >= 0.3 is 0 Å². The van der Waals surface area contributed by atoms with Crippen LogP contribution in [-0.4, -0.2) is 20.0 Å². The van der Waals surface area contributed by atoms with Crippen LogP contribution >= 0.6 is 11.3 Å². The van der Waals surface area contributed by atoms with Crippen LogP contribution in [0, 0.1) is 6.92 Å². The SMILES string of the molecule is Cc1ccc(/C=C/C(=O)NCc2ccc(C[NH+](C)C)cc2)s1. The minimum absolute atomic E-state index is 0.0622. The zero-order valence-corrected chi connectivity index (χ0v) is 14.2. The molecule has 2 aromatic rings. The quantitative estimate of drug-likeness (QED) is 0.786. The van der Waals surface area contributed by atoms with E-state index in [1.807, 2.05) is 12.1 Å². The lowest BCUT2D eigenvalue weighted by Gasteiger charge is -2.08. The lowest BCUT2D eigenvalue weighted by atomic mass is 10.1. The molecule has 1 aromatic heterocycles. The van der Waals surface area contributed by atoms with Crippen molar-refractivity contribution in [1.82, 2.24) is 5.32 Å². The Hall–Kier alpha value is -1.91. The van der Waals surface area contributed by atoms with Crippen molar-refractivity contribution in [3.63, 3.8) is 0 Å². The molecule has 0 bridgehead atoms. The minimum Gasteiger partial charge on any atom is -0.348 e. The summed E-state index contributed by atoms with van der Waals surface area (Å²) in [7, 11) is 4.27. The first-order valence-corrected chi connectivity index (χ1v) is 8.24. The van der Waals surface area contributed by atoms with Gasteiger partial charge in [0.15, 0.2) is 0 Å². The number of hydrogen-bond acceptors (Lipinski definition) is 2. The van der Waals surface area contributed by atoms with Crippen LogP contribution < -0.4 is 10.2 Å². The standard InChI is InChI=1S/C18H22N2OS/c1-14-4-9-17(22-14)10-11-18(21)19-12-15-5-7-16(8-6-15)13-20(2)3/h4-11H,12-13H2,1-3H3,(H,19,21)/p+1/b11-10+. The minimum atomic E-state index is -0.0622. The summed E-state index contributed by atoms with van der Waals surface area (Å²) in [5.74, 6) is -0.0622. The van der Waals surface area contributed by atoms with E-state index < -0.39 is 0 Å². The highest BCUT2D eigenvalue weighted by Gasteiger charge is 2.00. The first-order valence-electron chi connectivity index (χ1n) is 7.42. The van der Waals surface area contributed by atoms with Crippen molar-refractivity contribution >= 4 is 23.3 Å². The van der Waals surface area contributed by atoms with Gasteiger partial charge in [-0.2, -0.15) is 0 Å². The number of carbonyl (C=O) groups is 1. The topological polar surface area (TPSA) is 33.5 Å². The molecule has 0 aliphatic heterocycles. The van der Waals surface area contributed by atoms with Crippen molar-refractivity contribution < 1.29 is 9.69 Å². The Kier molecular flexibility index (Phi) is 5.92. The van der Waals surface area contributed by atoms with Crippen molar-refractivity contribution in [3.05, 3.63) is 63.4 Å². The monoisotopic (exact) mass is 315 g/mol. The van der Waals surface area contributed by atoms with Crippen LogP contribution in [0.5, 0.6) is 0 Å². The maximum absolute atomic E-state index is 11.8. The van der Waals surface area contributed by atoms with Crippen molar-refractivity contribution in [1.29, 1.82) is 0 Å². The number of rotatable bonds is 6. The van der Waals surface area contributed by atoms with Gasteiger partial charge in [-0.1, -0.05) is 24.3 Å². The van der Waals surface area contributed by atoms with Gasteiger partial charge in [-0.3, -0.25) is 4.79 Å². The summed E-state index contributed by atoms with van der Waals surface area (Å²) in [6, 6.07) is 12.5. The zero-order chi connectivity index (χ0) is 15.9. The molecule has 0 aliphatic carbocycles. The van der Waals surface area contributed by atoms with Gasteiger partial charge in [0.25, 0.3) is 0 Å². The smallest absolute Gasteiger partial charge is 0.244 e. The van der Waals surface area contributed by atoms with Crippen molar-refractivity contribution in [2.45, 2.75) is 20.0 Å². The van der Waals surface area contributed by atoms with Gasteiger partial charge in [0.2, 0.25) is 5.91 Å². The summed E-state index contributed by atoms with van der Waals surface area (Å²) in [4.78, 5) is 15.6. The average Bonchev–Trinajstić information content (AvgIpc) is 2.89. The van der Waals surface area contributed by atoms with Gasteiger partial charge in [-0.25, -0.2) is 0 Å². The van der Waals surface area contributed by atoms with Crippen LogP contribution in [0.4, 0.5) is 0 Å². The molecule has 0 atom stereocenters. The molecule has 2 rings (SSSR count). The number of benzene rings is 1. The fourth-order valence-electron chi connectivity index (χ4n) is 2.13. The summed E-state index contributed by atoms with van der Waals surface area (Å²) in [5, 5.41) is 2.91. The molecular weight excluding hydrogens is 292 g/mol. The van der Waals surface area contributed by atoms with Crippen LogP contribution in [0.2, 0.25) is 0 Å². The third kappa shape index (κ3) is 5.47. The van der Waals surface area contributed by atoms with Crippen LogP contribution in [-0.2, 0) is 17.9 Å². The summed E-state index contributed by atoms with van der Waals surface area (Å²) >= 11 is 1.68. The molecule has 0 unspecified atom stereocenters. The van der Waals surface area contributed by atoms with Gasteiger partial charge in [0.05, 0.1) is 14.1 Å². The highest BCUT2D eigenvalue weighted by Crippen LogP contribution is 2.16. The molecule has 1 amide bonds. The Morgan fingerprint density at radius 3 is 2.41 bits per heavy atom. The van der Waals surface area contributed by atoms with Crippen LogP contribution in [0.1, 0.15) is 20.9 Å². The molecule has 116 valence electrons. The molecule has 0 saturated carbocycles. The van der Waals surface area contributed by atoms with Crippen molar-refractivity contribution in [3.8, 4) is 0 Å². The van der Waals surface area contributed by atoms with Gasteiger partial charge in [-0.05, 0) is 30.7 Å². The van der Waals surface area contributed by atoms with E-state index in [1.54, 1.807) is 17.4 Å². The van der Waals surface area contributed by atoms with Crippen molar-refractivity contribution in [2.24, 2.45) is 0 Å². The largest absolute Gasteiger partial charge is 0.348 e. The number of quaternary nitrogens is 1. The van der Waals surface area contributed by atoms with Gasteiger partial charge < -0.3 is 10.2 Å². The number of thiophene rings is 1. The molecule has 0 fully saturated rings. The maximum Gasteiger partial charge on any atom is 0.244 e. The third-order valence-electron chi connectivity index (χ3n) is 3.21. The summed E-state index contributed by atoms with van der Waals surface area (Å²) in [6.45, 7) is 3.63. The summed E-state index contributed by atoms with van der Waals surface area (Å²) < 4.78 is 0. The van der Waals surface area contributed by atoms with E-state index in [9.17, 15) is 4.79 Å². The van der Waals surface area contributed by atoms with E-state index in [0.29, 0.717) is 6.54 Å². The first-order chi connectivity index (χ1) is 10.5. The molecule has 0 aliphatic rings. The second kappa shape index (κ2) is 7.92. The average molecular weight is 315 g/mol. The molecule has 0 radical (unpaired) electrons. The maximum atomic E-state index is 11.8. The molecule has 1 aromatic carbocycles. The van der Waals surface area contributed by atoms with Crippen LogP contribution in [0.25, 0.3) is 6.08 Å². The Balaban J connectivity index is 1.82. The Morgan fingerprint density at radius 1 is 1.14 bits per heavy atom. The van der Waals surface area contributed by atoms with Crippen LogP contribution in [0.3, 0.4) is 0 Å². The fraction of sp³-hybridized carbons (Fsp3) is 0.278. The Morgan fingerprint density at radius 2 is 1.82 bits per heavy atom. The predicted octanol–water partition coefficient (Wildman–Crippen LogP) is 2.03. The van der Waals surface area contributed by atoms with E-state index in [0.717, 1.165) is 17.0 Å². The molecule has 4 heteroatoms. The van der Waals surface area contributed by atoms with E-state index in [1.165, 1.54) is 15.3 Å². The van der Waals surface area contributed by atoms with Gasteiger partial charge in [-0.15, -0.1) is 11.3 Å². The van der Waals surface area contributed by atoms with E-state index >= 15 is 0 Å². The van der Waals surface area contributed by atoms with E-state index in [4.69, 9.17) is 0 Å². The lowest BCUT2D eigenvalue weighted by molar-refractivity contribution is -0.872. The molecule has 0 saturated heterocycles. The summed E-state index contributed by atoms with van der Waals surface area (Å²) in [6.07, 6.45) is 3.45. The molecule has 1 heterocycles. The number of nitrogens with one attached hydrogen (secondary N) is 2. The molecule has 22 heavy (non-hydrogen) atoms. The normalized spacial score (nSPS) is 11.3. The highest BCUT2D eigenvalue weighted by molar-refractivity contribution is 7.12. The zero-order valence-electron chi connectivity index (χ0n) is 13.3. The van der Waals surface area contributed by atoms with Gasteiger partial charge in [0, 0.05) is 27.9 Å². The van der Waals surface area contributed by atoms with Crippen molar-refractivity contribution in [2.75, 3.05) is 14.1 Å². The van der Waals surface area contributed by atoms with E-state index in [-0.39, 0.29) is 5.91 Å². The lowest BCUT2D eigenvalue weighted by Crippen LogP contribution is -3.04. The molecular formula is C18H23N2OS+. The predicted molar refractivity (Wildman–Crippen MR) is 92.9 cm³/mol. The highest BCUT2D eigenvalue weighted by atomic mass is 32.1.